The third kappa shape index (κ3) is 6.32. The fourth-order valence-electron chi connectivity index (χ4n) is 4.18. The van der Waals surface area contributed by atoms with E-state index in [2.05, 4.69) is 34.6 Å². The summed E-state index contributed by atoms with van der Waals surface area (Å²) in [5, 5.41) is 0. The van der Waals surface area contributed by atoms with Crippen LogP contribution in [0, 0.1) is 16.7 Å². The summed E-state index contributed by atoms with van der Waals surface area (Å²) in [4.78, 5) is 0. The van der Waals surface area contributed by atoms with Gasteiger partial charge in [-0.25, -0.2) is 0 Å². The molecule has 1 rings (SSSR count). The molecule has 0 radical (unpaired) electrons. The topological polar surface area (TPSA) is 0 Å². The van der Waals surface area contributed by atoms with Crippen molar-refractivity contribution in [3.05, 3.63) is 0 Å². The lowest BCUT2D eigenvalue weighted by atomic mass is 9.74. The molecule has 1 fully saturated rings. The molecule has 114 valence electrons. The minimum absolute atomic E-state index is 0.626. The maximum absolute atomic E-state index is 2.56. The van der Waals surface area contributed by atoms with Crippen LogP contribution >= 0.6 is 0 Å². The van der Waals surface area contributed by atoms with Gasteiger partial charge in [0.05, 0.1) is 0 Å². The number of hydrogen-bond donors (Lipinski definition) is 0. The Balaban J connectivity index is 2.57. The molecule has 0 heterocycles. The summed E-state index contributed by atoms with van der Waals surface area (Å²) in [5.41, 5.74) is 1.26. The second-order valence-corrected chi connectivity index (χ2v) is 8.34. The average molecular weight is 267 g/mol. The molecule has 1 aliphatic carbocycles. The van der Waals surface area contributed by atoms with Gasteiger partial charge >= 0.3 is 0 Å². The van der Waals surface area contributed by atoms with Crippen molar-refractivity contribution >= 4 is 0 Å². The van der Waals surface area contributed by atoms with Gasteiger partial charge in [0.15, 0.2) is 0 Å². The van der Waals surface area contributed by atoms with E-state index in [1.807, 2.05) is 0 Å². The molecule has 0 aliphatic heterocycles. The van der Waals surface area contributed by atoms with Crippen molar-refractivity contribution in [2.75, 3.05) is 0 Å². The summed E-state index contributed by atoms with van der Waals surface area (Å²) in [6, 6.07) is 0. The minimum Gasteiger partial charge on any atom is -0.0649 e. The molecule has 0 spiro atoms. The summed E-state index contributed by atoms with van der Waals surface area (Å²) in [5.74, 6) is 0.857. The van der Waals surface area contributed by atoms with Crippen LogP contribution < -0.4 is 0 Å². The van der Waals surface area contributed by atoms with E-state index in [1.165, 1.54) is 70.6 Å². The minimum atomic E-state index is 0.626. The van der Waals surface area contributed by atoms with Crippen molar-refractivity contribution in [1.82, 2.24) is 0 Å². The summed E-state index contributed by atoms with van der Waals surface area (Å²) in [7, 11) is 0. The highest BCUT2D eigenvalue weighted by Gasteiger charge is 2.27. The molecule has 0 aromatic heterocycles. The van der Waals surface area contributed by atoms with Crippen LogP contribution in [0.2, 0.25) is 0 Å². The molecule has 2 unspecified atom stereocenters. The largest absolute Gasteiger partial charge is 0.0649 e. The molecule has 0 N–H and O–H groups in total. The SMILES string of the molecule is CCC1(C)CCCCCC(C)(CC(C)C)CCCC1. The summed E-state index contributed by atoms with van der Waals surface area (Å²) in [6.07, 6.45) is 15.9. The van der Waals surface area contributed by atoms with E-state index in [0.29, 0.717) is 10.8 Å². The first-order chi connectivity index (χ1) is 8.89. The first-order valence-electron chi connectivity index (χ1n) is 8.89. The Morgan fingerprint density at radius 1 is 0.737 bits per heavy atom. The van der Waals surface area contributed by atoms with E-state index in [-0.39, 0.29) is 0 Å². The molecular weight excluding hydrogens is 228 g/mol. The molecule has 0 aromatic rings. The van der Waals surface area contributed by atoms with Crippen LogP contribution in [0.15, 0.2) is 0 Å². The highest BCUT2D eigenvalue weighted by molar-refractivity contribution is 4.79. The van der Waals surface area contributed by atoms with Gasteiger partial charge in [0.2, 0.25) is 0 Å². The van der Waals surface area contributed by atoms with Crippen molar-refractivity contribution in [2.45, 2.75) is 105 Å². The molecular formula is C19H38. The zero-order valence-electron chi connectivity index (χ0n) is 14.4. The molecule has 0 bridgehead atoms. The van der Waals surface area contributed by atoms with E-state index in [9.17, 15) is 0 Å². The van der Waals surface area contributed by atoms with E-state index < -0.39 is 0 Å². The smallest absolute Gasteiger partial charge is 0.0323 e. The maximum Gasteiger partial charge on any atom is -0.0323 e. The van der Waals surface area contributed by atoms with Crippen molar-refractivity contribution in [3.63, 3.8) is 0 Å². The predicted octanol–water partition coefficient (Wildman–Crippen LogP) is 6.98. The van der Waals surface area contributed by atoms with Gasteiger partial charge in [-0.05, 0) is 48.9 Å². The van der Waals surface area contributed by atoms with Crippen molar-refractivity contribution in [3.8, 4) is 0 Å². The van der Waals surface area contributed by atoms with Crippen molar-refractivity contribution < 1.29 is 0 Å². The Kier molecular flexibility index (Phi) is 6.91. The van der Waals surface area contributed by atoms with Crippen LogP contribution in [0.5, 0.6) is 0 Å². The quantitative estimate of drug-likeness (QED) is 0.517. The Labute approximate surface area is 122 Å². The fraction of sp³-hybridized carbons (Fsp3) is 1.00. The van der Waals surface area contributed by atoms with Crippen LogP contribution in [0.1, 0.15) is 105 Å². The zero-order valence-corrected chi connectivity index (χ0v) is 14.4. The normalized spacial score (nSPS) is 35.1. The fourth-order valence-corrected chi connectivity index (χ4v) is 4.18. The molecule has 1 saturated carbocycles. The average Bonchev–Trinajstić information content (AvgIpc) is 2.35. The highest BCUT2D eigenvalue weighted by atomic mass is 14.3. The Morgan fingerprint density at radius 2 is 1.16 bits per heavy atom. The number of hydrogen-bond acceptors (Lipinski definition) is 0. The Bertz CT molecular complexity index is 242. The van der Waals surface area contributed by atoms with Crippen LogP contribution in [0.3, 0.4) is 0 Å². The Morgan fingerprint density at radius 3 is 1.58 bits per heavy atom. The molecule has 0 nitrogen and oxygen atoms in total. The first kappa shape index (κ1) is 17.1. The lowest BCUT2D eigenvalue weighted by Crippen LogP contribution is -2.19. The molecule has 2 atom stereocenters. The molecule has 0 saturated heterocycles. The standard InChI is InChI=1S/C19H38/c1-6-18(4)12-8-7-9-14-19(5,16-17(2)3)15-11-10-13-18/h17H,6-16H2,1-5H3. The van der Waals surface area contributed by atoms with Crippen LogP contribution in [-0.4, -0.2) is 0 Å². The van der Waals surface area contributed by atoms with Gasteiger partial charge in [-0.2, -0.15) is 0 Å². The lowest BCUT2D eigenvalue weighted by molar-refractivity contribution is 0.201. The predicted molar refractivity (Wildman–Crippen MR) is 87.5 cm³/mol. The van der Waals surface area contributed by atoms with Gasteiger partial charge in [-0.15, -0.1) is 0 Å². The van der Waals surface area contributed by atoms with E-state index in [0.717, 1.165) is 5.92 Å². The van der Waals surface area contributed by atoms with Crippen LogP contribution in [0.4, 0.5) is 0 Å². The maximum atomic E-state index is 2.56. The van der Waals surface area contributed by atoms with Crippen LogP contribution in [0.25, 0.3) is 0 Å². The molecule has 1 aliphatic rings. The highest BCUT2D eigenvalue weighted by Crippen LogP contribution is 2.41. The number of rotatable bonds is 3. The molecule has 19 heavy (non-hydrogen) atoms. The van der Waals surface area contributed by atoms with Gasteiger partial charge in [-0.1, -0.05) is 73.1 Å². The Hall–Kier alpha value is 0. The van der Waals surface area contributed by atoms with Crippen molar-refractivity contribution in [2.24, 2.45) is 16.7 Å². The van der Waals surface area contributed by atoms with E-state index in [4.69, 9.17) is 0 Å². The first-order valence-corrected chi connectivity index (χ1v) is 8.89. The lowest BCUT2D eigenvalue weighted by Gasteiger charge is -2.32. The monoisotopic (exact) mass is 266 g/mol. The summed E-state index contributed by atoms with van der Waals surface area (Å²) < 4.78 is 0. The summed E-state index contributed by atoms with van der Waals surface area (Å²) in [6.45, 7) is 12.3. The van der Waals surface area contributed by atoms with Gasteiger partial charge in [0, 0.05) is 0 Å². The van der Waals surface area contributed by atoms with Crippen LogP contribution in [-0.2, 0) is 0 Å². The van der Waals surface area contributed by atoms with Gasteiger partial charge in [0.25, 0.3) is 0 Å². The molecule has 0 aromatic carbocycles. The second-order valence-electron chi connectivity index (χ2n) is 8.34. The van der Waals surface area contributed by atoms with Gasteiger partial charge < -0.3 is 0 Å². The summed E-state index contributed by atoms with van der Waals surface area (Å²) >= 11 is 0. The van der Waals surface area contributed by atoms with Gasteiger partial charge in [-0.3, -0.25) is 0 Å². The third-order valence-electron chi connectivity index (χ3n) is 5.63. The second kappa shape index (κ2) is 7.70. The van der Waals surface area contributed by atoms with E-state index >= 15 is 0 Å². The zero-order chi connectivity index (χ0) is 14.4. The molecule has 0 heteroatoms. The van der Waals surface area contributed by atoms with Gasteiger partial charge in [0.1, 0.15) is 0 Å². The third-order valence-corrected chi connectivity index (χ3v) is 5.63. The molecule has 0 amide bonds. The van der Waals surface area contributed by atoms with E-state index in [1.54, 1.807) is 0 Å². The van der Waals surface area contributed by atoms with Crippen molar-refractivity contribution in [1.29, 1.82) is 0 Å².